The van der Waals surface area contributed by atoms with E-state index in [-0.39, 0.29) is 30.4 Å². The Kier molecular flexibility index (Phi) is 7.10. The molecule has 32 heavy (non-hydrogen) atoms. The molecule has 2 bridgehead atoms. The van der Waals surface area contributed by atoms with E-state index < -0.39 is 0 Å². The lowest BCUT2D eigenvalue weighted by Crippen LogP contribution is -2.41. The number of aromatic nitrogens is 1. The maximum absolute atomic E-state index is 13.0. The van der Waals surface area contributed by atoms with Gasteiger partial charge in [0.2, 0.25) is 5.91 Å². The first-order valence-corrected chi connectivity index (χ1v) is 11.7. The first kappa shape index (κ1) is 22.3. The van der Waals surface area contributed by atoms with Gasteiger partial charge < -0.3 is 15.4 Å². The van der Waals surface area contributed by atoms with E-state index in [2.05, 4.69) is 51.3 Å². The molecular formula is C26H34N4O2. The Hall–Kier alpha value is -2.86. The number of guanidine groups is 1. The highest BCUT2D eigenvalue weighted by atomic mass is 16.2. The minimum atomic E-state index is -0.168. The van der Waals surface area contributed by atoms with E-state index in [9.17, 15) is 4.79 Å². The van der Waals surface area contributed by atoms with Gasteiger partial charge in [0.05, 0.1) is 0 Å². The van der Waals surface area contributed by atoms with Crippen molar-refractivity contribution >= 4 is 11.9 Å². The molecule has 1 amide bonds. The molecule has 1 aromatic heterocycles. The summed E-state index contributed by atoms with van der Waals surface area (Å²) in [6.07, 6.45) is 11.9. The Morgan fingerprint density at radius 1 is 1.22 bits per heavy atom. The molecule has 170 valence electrons. The Balaban J connectivity index is 1.60. The summed E-state index contributed by atoms with van der Waals surface area (Å²) in [4.78, 5) is 17.2. The van der Waals surface area contributed by atoms with E-state index in [0.29, 0.717) is 18.9 Å². The lowest BCUT2D eigenvalue weighted by molar-refractivity contribution is -0.120. The minimum Gasteiger partial charge on any atom is -0.396 e. The molecular weight excluding hydrogens is 400 g/mol. The highest BCUT2D eigenvalue weighted by molar-refractivity contribution is 5.96. The molecule has 2 atom stereocenters. The SMILES string of the molecule is NC(=NCCCCO)NC(=O)Cn1c(-c2ccccc2)ccc1C12CC=CC(CCC1)C2. The number of carbonyl (C=O) groups is 1. The standard InChI is InChI=1S/C26H34N4O2/c27-25(28-16-4-5-17-31)29-24(32)19-30-22(21-10-2-1-3-11-21)12-13-23(30)26-14-6-8-20(18-26)9-7-15-26/h1-3,6,8,10-13,20,31H,4-5,7,9,14-19H2,(H3,27,28,29,32). The van der Waals surface area contributed by atoms with Crippen LogP contribution in [0.1, 0.15) is 50.6 Å². The number of nitrogens with two attached hydrogens (primary N) is 1. The van der Waals surface area contributed by atoms with Crippen LogP contribution in [0.3, 0.4) is 0 Å². The van der Waals surface area contributed by atoms with Crippen molar-refractivity contribution in [2.75, 3.05) is 13.2 Å². The van der Waals surface area contributed by atoms with E-state index in [0.717, 1.165) is 36.9 Å². The first-order valence-electron chi connectivity index (χ1n) is 11.7. The molecule has 0 saturated heterocycles. The molecule has 1 heterocycles. The second-order valence-corrected chi connectivity index (χ2v) is 9.07. The van der Waals surface area contributed by atoms with Crippen molar-refractivity contribution in [2.24, 2.45) is 16.6 Å². The lowest BCUT2D eigenvalue weighted by atomic mass is 9.63. The van der Waals surface area contributed by atoms with Crippen molar-refractivity contribution < 1.29 is 9.90 Å². The molecule has 2 aliphatic rings. The van der Waals surface area contributed by atoms with E-state index >= 15 is 0 Å². The molecule has 1 saturated carbocycles. The molecule has 4 N–H and O–H groups in total. The van der Waals surface area contributed by atoms with Crippen LogP contribution in [-0.2, 0) is 16.8 Å². The van der Waals surface area contributed by atoms with Crippen LogP contribution in [0.4, 0.5) is 0 Å². The van der Waals surface area contributed by atoms with Gasteiger partial charge in [0.25, 0.3) is 0 Å². The van der Waals surface area contributed by atoms with Crippen LogP contribution in [0, 0.1) is 5.92 Å². The van der Waals surface area contributed by atoms with Gasteiger partial charge in [-0.1, -0.05) is 48.9 Å². The molecule has 0 aliphatic heterocycles. The number of benzene rings is 1. The quantitative estimate of drug-likeness (QED) is 0.256. The number of unbranched alkanes of at least 4 members (excludes halogenated alkanes) is 1. The van der Waals surface area contributed by atoms with Crippen LogP contribution in [0.25, 0.3) is 11.3 Å². The van der Waals surface area contributed by atoms with Crippen LogP contribution >= 0.6 is 0 Å². The molecule has 1 fully saturated rings. The van der Waals surface area contributed by atoms with E-state index in [4.69, 9.17) is 10.8 Å². The normalized spacial score (nSPS) is 22.7. The topological polar surface area (TPSA) is 92.6 Å². The van der Waals surface area contributed by atoms with E-state index in [1.165, 1.54) is 18.5 Å². The number of amides is 1. The first-order chi connectivity index (χ1) is 15.6. The summed E-state index contributed by atoms with van der Waals surface area (Å²) in [5, 5.41) is 11.6. The zero-order valence-electron chi connectivity index (χ0n) is 18.7. The van der Waals surface area contributed by atoms with E-state index in [1.807, 2.05) is 18.2 Å². The summed E-state index contributed by atoms with van der Waals surface area (Å²) in [5.41, 5.74) is 9.43. The van der Waals surface area contributed by atoms with Gasteiger partial charge in [-0.2, -0.15) is 0 Å². The molecule has 0 radical (unpaired) electrons. The smallest absolute Gasteiger partial charge is 0.246 e. The molecule has 2 aliphatic carbocycles. The Morgan fingerprint density at radius 2 is 2.06 bits per heavy atom. The van der Waals surface area contributed by atoms with Crippen LogP contribution < -0.4 is 11.1 Å². The van der Waals surface area contributed by atoms with Gasteiger partial charge in [-0.3, -0.25) is 15.1 Å². The zero-order valence-corrected chi connectivity index (χ0v) is 18.7. The number of hydrogen-bond donors (Lipinski definition) is 3. The number of fused-ring (bicyclic) bond motifs is 2. The Bertz CT molecular complexity index is 979. The maximum Gasteiger partial charge on any atom is 0.246 e. The number of nitrogens with zero attached hydrogens (tertiary/aromatic N) is 2. The number of rotatable bonds is 8. The molecule has 2 unspecified atom stereocenters. The number of aliphatic imine (C=N–C) groups is 1. The van der Waals surface area contributed by atoms with Crippen molar-refractivity contribution in [1.82, 2.24) is 9.88 Å². The van der Waals surface area contributed by atoms with Crippen LogP contribution in [0.2, 0.25) is 0 Å². The lowest BCUT2D eigenvalue weighted by Gasteiger charge is -2.43. The van der Waals surface area contributed by atoms with Crippen LogP contribution in [0.15, 0.2) is 59.6 Å². The minimum absolute atomic E-state index is 0.0922. The van der Waals surface area contributed by atoms with Crippen LogP contribution in [-0.4, -0.2) is 34.7 Å². The van der Waals surface area contributed by atoms with Gasteiger partial charge in [0.1, 0.15) is 6.54 Å². The van der Waals surface area contributed by atoms with Crippen molar-refractivity contribution in [3.05, 3.63) is 60.3 Å². The number of allylic oxidation sites excluding steroid dienone is 2. The van der Waals surface area contributed by atoms with Crippen molar-refractivity contribution in [2.45, 2.75) is 56.9 Å². The number of aliphatic hydroxyl groups is 1. The van der Waals surface area contributed by atoms with Crippen LogP contribution in [0.5, 0.6) is 0 Å². The number of aliphatic hydroxyl groups excluding tert-OH is 1. The molecule has 2 aromatic rings. The number of hydrogen-bond acceptors (Lipinski definition) is 3. The maximum atomic E-state index is 13.0. The summed E-state index contributed by atoms with van der Waals surface area (Å²) < 4.78 is 2.19. The van der Waals surface area contributed by atoms with Crippen molar-refractivity contribution in [3.8, 4) is 11.3 Å². The second kappa shape index (κ2) is 10.2. The molecule has 6 heteroatoms. The molecule has 1 aromatic carbocycles. The van der Waals surface area contributed by atoms with Gasteiger partial charge >= 0.3 is 0 Å². The van der Waals surface area contributed by atoms with Gasteiger partial charge in [-0.15, -0.1) is 0 Å². The Labute approximate surface area is 190 Å². The molecule has 0 spiro atoms. The fourth-order valence-electron chi connectivity index (χ4n) is 5.33. The third-order valence-corrected chi connectivity index (χ3v) is 6.81. The largest absolute Gasteiger partial charge is 0.396 e. The summed E-state index contributed by atoms with van der Waals surface area (Å²) in [7, 11) is 0. The zero-order chi connectivity index (χ0) is 22.4. The summed E-state index contributed by atoms with van der Waals surface area (Å²) in [6.45, 7) is 0.835. The average molecular weight is 435 g/mol. The highest BCUT2D eigenvalue weighted by Gasteiger charge is 2.41. The van der Waals surface area contributed by atoms with Crippen molar-refractivity contribution in [1.29, 1.82) is 0 Å². The summed E-state index contributed by atoms with van der Waals surface area (Å²) in [6, 6.07) is 14.6. The summed E-state index contributed by atoms with van der Waals surface area (Å²) >= 11 is 0. The number of carbonyl (C=O) groups excluding carboxylic acids is 1. The Morgan fingerprint density at radius 3 is 2.88 bits per heavy atom. The average Bonchev–Trinajstić information content (AvgIpc) is 3.21. The third kappa shape index (κ3) is 4.96. The monoisotopic (exact) mass is 434 g/mol. The van der Waals surface area contributed by atoms with Gasteiger partial charge in [-0.05, 0) is 62.1 Å². The summed E-state index contributed by atoms with van der Waals surface area (Å²) in [5.74, 6) is 0.606. The molecule has 6 nitrogen and oxygen atoms in total. The second-order valence-electron chi connectivity index (χ2n) is 9.07. The third-order valence-electron chi connectivity index (χ3n) is 6.81. The molecule has 4 rings (SSSR count). The fraction of sp³-hybridized carbons (Fsp3) is 0.462. The highest BCUT2D eigenvalue weighted by Crippen LogP contribution is 2.48. The van der Waals surface area contributed by atoms with Gasteiger partial charge in [-0.25, -0.2) is 0 Å². The predicted molar refractivity (Wildman–Crippen MR) is 128 cm³/mol. The predicted octanol–water partition coefficient (Wildman–Crippen LogP) is 3.75. The van der Waals surface area contributed by atoms with Crippen molar-refractivity contribution in [3.63, 3.8) is 0 Å². The van der Waals surface area contributed by atoms with E-state index in [1.54, 1.807) is 0 Å². The van der Waals surface area contributed by atoms with Gasteiger partial charge in [0, 0.05) is 30.0 Å². The fourth-order valence-corrected chi connectivity index (χ4v) is 5.33. The van der Waals surface area contributed by atoms with Gasteiger partial charge in [0.15, 0.2) is 5.96 Å². The number of nitrogens with one attached hydrogen (secondary N) is 1.